The van der Waals surface area contributed by atoms with E-state index in [2.05, 4.69) is 20.9 Å². The summed E-state index contributed by atoms with van der Waals surface area (Å²) in [4.78, 5) is 19.1. The number of amides is 1. The predicted molar refractivity (Wildman–Crippen MR) is 107 cm³/mol. The molecule has 6 nitrogen and oxygen atoms in total. The van der Waals surface area contributed by atoms with Gasteiger partial charge in [0.05, 0.1) is 37.0 Å². The molecular weight excluding hydrogens is 412 g/mol. The quantitative estimate of drug-likeness (QED) is 0.564. The zero-order valence-corrected chi connectivity index (χ0v) is 17.5. The molecular formula is C20H25BrN2O4. The number of rotatable bonds is 10. The third kappa shape index (κ3) is 5.94. The molecule has 0 atom stereocenters. The third-order valence-electron chi connectivity index (χ3n) is 3.86. The van der Waals surface area contributed by atoms with Gasteiger partial charge < -0.3 is 19.1 Å². The molecule has 0 bridgehead atoms. The number of methoxy groups -OCH3 is 2. The van der Waals surface area contributed by atoms with Gasteiger partial charge in [0, 0.05) is 25.4 Å². The summed E-state index contributed by atoms with van der Waals surface area (Å²) in [5.41, 5.74) is 1.32. The van der Waals surface area contributed by atoms with E-state index in [-0.39, 0.29) is 5.91 Å². The number of ether oxygens (including phenoxy) is 3. The molecule has 2 aromatic rings. The van der Waals surface area contributed by atoms with Crippen molar-refractivity contribution in [2.24, 2.45) is 0 Å². The number of pyridine rings is 1. The fourth-order valence-electron chi connectivity index (χ4n) is 2.51. The molecule has 0 saturated heterocycles. The van der Waals surface area contributed by atoms with Gasteiger partial charge in [0.1, 0.15) is 0 Å². The molecule has 2 rings (SSSR count). The normalized spacial score (nSPS) is 10.5. The minimum absolute atomic E-state index is 0.126. The number of hydrogen-bond donors (Lipinski definition) is 0. The smallest absolute Gasteiger partial charge is 0.254 e. The second-order valence-corrected chi connectivity index (χ2v) is 6.73. The van der Waals surface area contributed by atoms with E-state index in [0.717, 1.165) is 12.1 Å². The molecule has 7 heteroatoms. The van der Waals surface area contributed by atoms with Crippen molar-refractivity contribution in [3.63, 3.8) is 0 Å². The molecule has 0 saturated carbocycles. The summed E-state index contributed by atoms with van der Waals surface area (Å²) in [7, 11) is 3.17. The Morgan fingerprint density at radius 2 is 2.04 bits per heavy atom. The van der Waals surface area contributed by atoms with Crippen LogP contribution in [0.25, 0.3) is 0 Å². The van der Waals surface area contributed by atoms with Crippen LogP contribution in [-0.4, -0.2) is 49.8 Å². The van der Waals surface area contributed by atoms with Crippen LogP contribution in [0.1, 0.15) is 29.4 Å². The first-order chi connectivity index (χ1) is 13.1. The molecule has 0 radical (unpaired) electrons. The summed E-state index contributed by atoms with van der Waals surface area (Å²) in [6.07, 6.45) is 2.60. The Hall–Kier alpha value is -2.12. The second-order valence-electron chi connectivity index (χ2n) is 5.88. The predicted octanol–water partition coefficient (Wildman–Crippen LogP) is 3.93. The van der Waals surface area contributed by atoms with Crippen molar-refractivity contribution in [2.45, 2.75) is 19.9 Å². The monoisotopic (exact) mass is 436 g/mol. The van der Waals surface area contributed by atoms with Crippen molar-refractivity contribution >= 4 is 21.8 Å². The van der Waals surface area contributed by atoms with Crippen LogP contribution in [0.15, 0.2) is 41.0 Å². The van der Waals surface area contributed by atoms with Crippen LogP contribution >= 0.6 is 15.9 Å². The molecule has 0 fully saturated rings. The van der Waals surface area contributed by atoms with Gasteiger partial charge >= 0.3 is 0 Å². The van der Waals surface area contributed by atoms with Crippen LogP contribution in [-0.2, 0) is 11.3 Å². The number of benzene rings is 1. The first kappa shape index (κ1) is 21.2. The van der Waals surface area contributed by atoms with Gasteiger partial charge in [0.2, 0.25) is 0 Å². The molecule has 146 valence electrons. The van der Waals surface area contributed by atoms with E-state index in [9.17, 15) is 4.79 Å². The lowest BCUT2D eigenvalue weighted by Crippen LogP contribution is -2.33. The minimum Gasteiger partial charge on any atom is -0.493 e. The number of carbonyl (C=O) groups is 1. The largest absolute Gasteiger partial charge is 0.493 e. The maximum Gasteiger partial charge on any atom is 0.254 e. The molecule has 0 aliphatic rings. The van der Waals surface area contributed by atoms with Gasteiger partial charge in [-0.1, -0.05) is 13.0 Å². The van der Waals surface area contributed by atoms with Gasteiger partial charge in [0.15, 0.2) is 11.5 Å². The highest BCUT2D eigenvalue weighted by Crippen LogP contribution is 2.37. The van der Waals surface area contributed by atoms with E-state index in [1.165, 1.54) is 0 Å². The van der Waals surface area contributed by atoms with Gasteiger partial charge in [-0.15, -0.1) is 0 Å². The van der Waals surface area contributed by atoms with Gasteiger partial charge in [-0.3, -0.25) is 9.78 Å². The van der Waals surface area contributed by atoms with Crippen molar-refractivity contribution in [1.82, 2.24) is 9.88 Å². The zero-order valence-electron chi connectivity index (χ0n) is 15.9. The summed E-state index contributed by atoms with van der Waals surface area (Å²) in [6, 6.07) is 9.11. The lowest BCUT2D eigenvalue weighted by Gasteiger charge is -2.23. The molecule has 0 spiro atoms. The van der Waals surface area contributed by atoms with E-state index in [0.29, 0.717) is 47.8 Å². The number of nitrogens with zero attached hydrogens (tertiary/aromatic N) is 2. The van der Waals surface area contributed by atoms with Crippen molar-refractivity contribution in [1.29, 1.82) is 0 Å². The molecule has 1 heterocycles. The lowest BCUT2D eigenvalue weighted by atomic mass is 10.1. The first-order valence-electron chi connectivity index (χ1n) is 8.79. The standard InChI is InChI=1S/C20H25BrN2O4/c1-4-10-27-19-17(21)12-15(13-18(19)26-3)20(24)23(9-11-25-2)14-16-7-5-6-8-22-16/h5-8,12-13H,4,9-11,14H2,1-3H3. The van der Waals surface area contributed by atoms with Crippen LogP contribution in [0, 0.1) is 0 Å². The van der Waals surface area contributed by atoms with Gasteiger partial charge in [-0.05, 0) is 46.6 Å². The van der Waals surface area contributed by atoms with Gasteiger partial charge in [-0.25, -0.2) is 0 Å². The maximum absolute atomic E-state index is 13.1. The van der Waals surface area contributed by atoms with E-state index >= 15 is 0 Å². The van der Waals surface area contributed by atoms with Crippen LogP contribution < -0.4 is 9.47 Å². The van der Waals surface area contributed by atoms with Crippen molar-refractivity contribution < 1.29 is 19.0 Å². The highest BCUT2D eigenvalue weighted by atomic mass is 79.9. The average Bonchev–Trinajstić information content (AvgIpc) is 2.69. The van der Waals surface area contributed by atoms with E-state index < -0.39 is 0 Å². The molecule has 0 aliphatic carbocycles. The Balaban J connectivity index is 2.28. The molecule has 0 unspecified atom stereocenters. The fourth-order valence-corrected chi connectivity index (χ4v) is 3.07. The maximum atomic E-state index is 13.1. The van der Waals surface area contributed by atoms with Crippen LogP contribution in [0.3, 0.4) is 0 Å². The summed E-state index contributed by atoms with van der Waals surface area (Å²) in [6.45, 7) is 3.90. The summed E-state index contributed by atoms with van der Waals surface area (Å²) in [5.74, 6) is 0.994. The summed E-state index contributed by atoms with van der Waals surface area (Å²) < 4.78 is 17.0. The molecule has 1 amide bonds. The van der Waals surface area contributed by atoms with Crippen molar-refractivity contribution in [2.75, 3.05) is 34.0 Å². The average molecular weight is 437 g/mol. The minimum atomic E-state index is -0.126. The van der Waals surface area contributed by atoms with Crippen LogP contribution in [0.2, 0.25) is 0 Å². The molecule has 1 aromatic carbocycles. The van der Waals surface area contributed by atoms with E-state index in [1.54, 1.807) is 37.4 Å². The highest BCUT2D eigenvalue weighted by Gasteiger charge is 2.21. The number of aromatic nitrogens is 1. The molecule has 27 heavy (non-hydrogen) atoms. The second kappa shape index (κ2) is 10.9. The number of halogens is 1. The third-order valence-corrected chi connectivity index (χ3v) is 4.45. The summed E-state index contributed by atoms with van der Waals surface area (Å²) in [5, 5.41) is 0. The Morgan fingerprint density at radius 1 is 1.22 bits per heavy atom. The van der Waals surface area contributed by atoms with E-state index in [4.69, 9.17) is 14.2 Å². The highest BCUT2D eigenvalue weighted by molar-refractivity contribution is 9.10. The topological polar surface area (TPSA) is 60.9 Å². The summed E-state index contributed by atoms with van der Waals surface area (Å²) >= 11 is 3.49. The Morgan fingerprint density at radius 3 is 2.67 bits per heavy atom. The Kier molecular flexibility index (Phi) is 8.54. The molecule has 0 aliphatic heterocycles. The van der Waals surface area contributed by atoms with Gasteiger partial charge in [0.25, 0.3) is 5.91 Å². The van der Waals surface area contributed by atoms with Crippen molar-refractivity contribution in [3.05, 3.63) is 52.3 Å². The van der Waals surface area contributed by atoms with Crippen LogP contribution in [0.5, 0.6) is 11.5 Å². The van der Waals surface area contributed by atoms with Gasteiger partial charge in [-0.2, -0.15) is 0 Å². The molecule has 1 aromatic heterocycles. The lowest BCUT2D eigenvalue weighted by molar-refractivity contribution is 0.0677. The number of hydrogen-bond acceptors (Lipinski definition) is 5. The first-order valence-corrected chi connectivity index (χ1v) is 9.58. The van der Waals surface area contributed by atoms with Crippen molar-refractivity contribution in [3.8, 4) is 11.5 Å². The van der Waals surface area contributed by atoms with Crippen LogP contribution in [0.4, 0.5) is 0 Å². The number of carbonyl (C=O) groups excluding carboxylic acids is 1. The zero-order chi connectivity index (χ0) is 19.6. The molecule has 0 N–H and O–H groups in total. The fraction of sp³-hybridized carbons (Fsp3) is 0.400. The SMILES string of the molecule is CCCOc1c(Br)cc(C(=O)N(CCOC)Cc2ccccn2)cc1OC. The Labute approximate surface area is 168 Å². The van der Waals surface area contributed by atoms with E-state index in [1.807, 2.05) is 25.1 Å². The Bertz CT molecular complexity index is 740.